The highest BCUT2D eigenvalue weighted by Gasteiger charge is 2.35. The molecule has 1 atom stereocenters. The summed E-state index contributed by atoms with van der Waals surface area (Å²) < 4.78 is 5.41. The van der Waals surface area contributed by atoms with E-state index in [1.807, 2.05) is 20.8 Å². The molecule has 0 aromatic heterocycles. The molecule has 1 saturated heterocycles. The summed E-state index contributed by atoms with van der Waals surface area (Å²) in [5.74, 6) is 0.988. The largest absolute Gasteiger partial charge is 0.444 e. The van der Waals surface area contributed by atoms with Gasteiger partial charge in [-0.1, -0.05) is 38.6 Å². The summed E-state index contributed by atoms with van der Waals surface area (Å²) in [6.07, 6.45) is 7.10. The number of carbonyl (C=O) groups is 1. The van der Waals surface area contributed by atoms with Crippen LogP contribution in [0.15, 0.2) is 55.2 Å². The van der Waals surface area contributed by atoms with Crippen molar-refractivity contribution in [3.05, 3.63) is 60.7 Å². The molecule has 1 unspecified atom stereocenters. The standard InChI is InChI=1S/C28H42N4O2/c1-20-14-16-24(21(2)29-20)32-22(3)31(8)26-19-23(15-17-25(26)32)13-11-9-10-12-18-30(7)27(33)34-28(4,5)6/h15,17,19,24,29H,1-3,9-14,16,18H2,4-8H3. The maximum atomic E-state index is 12.0. The van der Waals surface area contributed by atoms with Crippen LogP contribution >= 0.6 is 0 Å². The predicted octanol–water partition coefficient (Wildman–Crippen LogP) is 6.16. The van der Waals surface area contributed by atoms with E-state index < -0.39 is 5.60 Å². The summed E-state index contributed by atoms with van der Waals surface area (Å²) >= 11 is 0. The predicted molar refractivity (Wildman–Crippen MR) is 142 cm³/mol. The maximum Gasteiger partial charge on any atom is 0.410 e. The Morgan fingerprint density at radius 2 is 1.85 bits per heavy atom. The van der Waals surface area contributed by atoms with Crippen molar-refractivity contribution in [1.82, 2.24) is 10.2 Å². The van der Waals surface area contributed by atoms with E-state index in [4.69, 9.17) is 4.74 Å². The molecule has 0 aliphatic carbocycles. The van der Waals surface area contributed by atoms with Crippen LogP contribution in [0.25, 0.3) is 0 Å². The number of allylic oxidation sites excluding steroid dienone is 1. The number of carbonyl (C=O) groups excluding carboxylic acids is 1. The van der Waals surface area contributed by atoms with Gasteiger partial charge in [0.15, 0.2) is 0 Å². The van der Waals surface area contributed by atoms with E-state index in [1.54, 1.807) is 11.9 Å². The highest BCUT2D eigenvalue weighted by molar-refractivity contribution is 5.83. The molecule has 2 aliphatic heterocycles. The van der Waals surface area contributed by atoms with E-state index in [1.165, 1.54) is 16.9 Å². The van der Waals surface area contributed by atoms with Crippen molar-refractivity contribution in [3.8, 4) is 0 Å². The number of ether oxygens (including phenoxy) is 1. The highest BCUT2D eigenvalue weighted by atomic mass is 16.6. The molecular weight excluding hydrogens is 424 g/mol. The van der Waals surface area contributed by atoms with Gasteiger partial charge in [0.05, 0.1) is 17.4 Å². The average Bonchev–Trinajstić information content (AvgIpc) is 2.99. The number of unbranched alkanes of at least 4 members (excludes halogenated alkanes) is 3. The minimum absolute atomic E-state index is 0.186. The summed E-state index contributed by atoms with van der Waals surface area (Å²) in [6, 6.07) is 6.96. The number of amides is 1. The fourth-order valence-corrected chi connectivity index (χ4v) is 4.59. The SMILES string of the molecule is C=C1CCC(N2C(=C)N(C)c3cc(CCCCCCN(C)C(=O)OC(C)(C)C)ccc32)C(=C)N1. The van der Waals surface area contributed by atoms with Crippen LogP contribution < -0.4 is 15.1 Å². The summed E-state index contributed by atoms with van der Waals surface area (Å²) in [7, 11) is 3.89. The lowest BCUT2D eigenvalue weighted by Gasteiger charge is -2.36. The van der Waals surface area contributed by atoms with Crippen LogP contribution in [0.4, 0.5) is 16.2 Å². The Morgan fingerprint density at radius 3 is 2.53 bits per heavy atom. The minimum atomic E-state index is -0.449. The maximum absolute atomic E-state index is 12.0. The van der Waals surface area contributed by atoms with Gasteiger partial charge >= 0.3 is 6.09 Å². The zero-order chi connectivity index (χ0) is 25.0. The number of aryl methyl sites for hydroxylation is 1. The van der Waals surface area contributed by atoms with Crippen molar-refractivity contribution in [2.24, 2.45) is 0 Å². The number of nitrogens with one attached hydrogen (secondary N) is 1. The van der Waals surface area contributed by atoms with E-state index in [-0.39, 0.29) is 12.1 Å². The Morgan fingerprint density at radius 1 is 1.15 bits per heavy atom. The van der Waals surface area contributed by atoms with Crippen molar-refractivity contribution in [3.63, 3.8) is 0 Å². The fraction of sp³-hybridized carbons (Fsp3) is 0.536. The van der Waals surface area contributed by atoms with E-state index in [2.05, 4.69) is 60.1 Å². The fourth-order valence-electron chi connectivity index (χ4n) is 4.59. The Kier molecular flexibility index (Phi) is 8.01. The van der Waals surface area contributed by atoms with Gasteiger partial charge in [0.1, 0.15) is 11.4 Å². The van der Waals surface area contributed by atoms with Gasteiger partial charge in [-0.25, -0.2) is 4.79 Å². The Labute approximate surface area is 205 Å². The zero-order valence-electron chi connectivity index (χ0n) is 21.7. The van der Waals surface area contributed by atoms with Crippen molar-refractivity contribution >= 4 is 17.5 Å². The molecule has 1 aromatic rings. The molecule has 0 radical (unpaired) electrons. The first-order chi connectivity index (χ1) is 16.0. The smallest absolute Gasteiger partial charge is 0.410 e. The number of hydrogen-bond acceptors (Lipinski definition) is 5. The van der Waals surface area contributed by atoms with Crippen molar-refractivity contribution in [1.29, 1.82) is 0 Å². The number of piperidine rings is 1. The van der Waals surface area contributed by atoms with Gasteiger partial charge in [-0.05, 0) is 70.6 Å². The number of nitrogens with zero attached hydrogens (tertiary/aromatic N) is 3. The van der Waals surface area contributed by atoms with E-state index >= 15 is 0 Å². The highest BCUT2D eigenvalue weighted by Crippen LogP contribution is 2.44. The molecule has 1 N–H and O–H groups in total. The number of benzene rings is 1. The van der Waals surface area contributed by atoms with Crippen molar-refractivity contribution in [2.75, 3.05) is 30.4 Å². The van der Waals surface area contributed by atoms with Crippen LogP contribution in [0.5, 0.6) is 0 Å². The first-order valence-corrected chi connectivity index (χ1v) is 12.4. The van der Waals surface area contributed by atoms with Crippen LogP contribution in [-0.4, -0.2) is 43.3 Å². The molecule has 0 saturated carbocycles. The van der Waals surface area contributed by atoms with Crippen LogP contribution in [0.1, 0.15) is 64.9 Å². The van der Waals surface area contributed by atoms with E-state index in [0.717, 1.165) is 68.7 Å². The molecule has 1 aromatic carbocycles. The molecule has 6 nitrogen and oxygen atoms in total. The topological polar surface area (TPSA) is 48.0 Å². The van der Waals surface area contributed by atoms with Crippen molar-refractivity contribution in [2.45, 2.75) is 77.4 Å². The Bertz CT molecular complexity index is 946. The third-order valence-corrected chi connectivity index (χ3v) is 6.51. The summed E-state index contributed by atoms with van der Waals surface area (Å²) in [4.78, 5) is 18.2. The molecule has 0 bridgehead atoms. The number of hydrogen-bond donors (Lipinski definition) is 1. The van der Waals surface area contributed by atoms with Crippen LogP contribution in [0, 0.1) is 0 Å². The van der Waals surface area contributed by atoms with Gasteiger partial charge < -0.3 is 24.8 Å². The molecule has 1 amide bonds. The van der Waals surface area contributed by atoms with Gasteiger partial charge in [-0.15, -0.1) is 0 Å². The zero-order valence-corrected chi connectivity index (χ0v) is 21.7. The molecule has 2 heterocycles. The lowest BCUT2D eigenvalue weighted by Crippen LogP contribution is -2.42. The number of anilines is 2. The van der Waals surface area contributed by atoms with Gasteiger partial charge in [-0.3, -0.25) is 0 Å². The van der Waals surface area contributed by atoms with Crippen LogP contribution in [0.3, 0.4) is 0 Å². The normalized spacial score (nSPS) is 18.1. The summed E-state index contributed by atoms with van der Waals surface area (Å²) in [6.45, 7) is 19.0. The molecule has 1 fully saturated rings. The lowest BCUT2D eigenvalue weighted by molar-refractivity contribution is 0.0296. The van der Waals surface area contributed by atoms with Gasteiger partial charge in [0, 0.05) is 32.0 Å². The number of rotatable bonds is 8. The molecule has 3 rings (SSSR count). The summed E-state index contributed by atoms with van der Waals surface area (Å²) in [5.41, 5.74) is 5.32. The number of fused-ring (bicyclic) bond motifs is 1. The minimum Gasteiger partial charge on any atom is -0.444 e. The first kappa shape index (κ1) is 25.7. The lowest BCUT2D eigenvalue weighted by atomic mass is 9.99. The van der Waals surface area contributed by atoms with Crippen LogP contribution in [0.2, 0.25) is 0 Å². The van der Waals surface area contributed by atoms with Crippen molar-refractivity contribution < 1.29 is 9.53 Å². The molecule has 6 heteroatoms. The Balaban J connectivity index is 1.48. The molecule has 186 valence electrons. The molecular formula is C28H42N4O2. The third-order valence-electron chi connectivity index (χ3n) is 6.51. The molecule has 0 spiro atoms. The Hall–Kier alpha value is -2.89. The second kappa shape index (κ2) is 10.6. The van der Waals surface area contributed by atoms with Gasteiger partial charge in [0.25, 0.3) is 0 Å². The van der Waals surface area contributed by atoms with Crippen LogP contribution in [-0.2, 0) is 11.2 Å². The summed E-state index contributed by atoms with van der Waals surface area (Å²) in [5, 5.41) is 3.33. The first-order valence-electron chi connectivity index (χ1n) is 12.4. The second-order valence-corrected chi connectivity index (χ2v) is 10.5. The van der Waals surface area contributed by atoms with E-state index in [0.29, 0.717) is 0 Å². The third kappa shape index (κ3) is 6.16. The molecule has 2 aliphatic rings. The van der Waals surface area contributed by atoms with Gasteiger partial charge in [-0.2, -0.15) is 0 Å². The van der Waals surface area contributed by atoms with Gasteiger partial charge in [0.2, 0.25) is 0 Å². The van der Waals surface area contributed by atoms with E-state index in [9.17, 15) is 4.79 Å². The average molecular weight is 467 g/mol. The second-order valence-electron chi connectivity index (χ2n) is 10.5. The quantitative estimate of drug-likeness (QED) is 0.465. The molecule has 34 heavy (non-hydrogen) atoms. The monoisotopic (exact) mass is 466 g/mol.